The number of benzene rings is 1. The zero-order chi connectivity index (χ0) is 15.7. The smallest absolute Gasteiger partial charge is 0.288 e. The summed E-state index contributed by atoms with van der Waals surface area (Å²) in [5.74, 6) is -0.243. The average Bonchev–Trinajstić information content (AvgIpc) is 3.17. The number of hydrogen-bond acceptors (Lipinski definition) is 5. The van der Waals surface area contributed by atoms with Crippen LogP contribution in [0.5, 0.6) is 0 Å². The molecule has 0 fully saturated rings. The minimum Gasteiger partial charge on any atom is -0.288 e. The fourth-order valence-electron chi connectivity index (χ4n) is 1.95. The lowest BCUT2D eigenvalue weighted by Crippen LogP contribution is -2.00. The van der Waals surface area contributed by atoms with Crippen LogP contribution in [0.3, 0.4) is 0 Å². The summed E-state index contributed by atoms with van der Waals surface area (Å²) in [6.07, 6.45) is 0. The van der Waals surface area contributed by atoms with Crippen LogP contribution in [0.15, 0.2) is 47.8 Å². The minimum absolute atomic E-state index is 0.0204. The molecule has 0 aliphatic carbocycles. The SMILES string of the molecule is O=C(c1ccc(Cl)c([N+](=O)[O-])c1)c1ccc(-c2cccs2)s1. The molecular weight excluding hydrogens is 342 g/mol. The van der Waals surface area contributed by atoms with Gasteiger partial charge in [-0.05, 0) is 35.7 Å². The Morgan fingerprint density at radius 3 is 2.64 bits per heavy atom. The molecule has 0 saturated carbocycles. The van der Waals surface area contributed by atoms with Gasteiger partial charge in [0.25, 0.3) is 5.69 Å². The lowest BCUT2D eigenvalue weighted by Gasteiger charge is -2.00. The highest BCUT2D eigenvalue weighted by atomic mass is 35.5. The molecule has 0 bridgehead atoms. The summed E-state index contributed by atoms with van der Waals surface area (Å²) in [5, 5.41) is 12.9. The molecular formula is C15H8ClNO3S2. The van der Waals surface area contributed by atoms with E-state index in [0.717, 1.165) is 9.75 Å². The second kappa shape index (κ2) is 6.00. The minimum atomic E-state index is -0.593. The van der Waals surface area contributed by atoms with Crippen LogP contribution in [0.4, 0.5) is 5.69 Å². The standard InChI is InChI=1S/C15H8ClNO3S2/c16-10-4-3-9(8-11(10)17(19)20)15(18)14-6-5-13(22-14)12-2-1-7-21-12/h1-8H. The average molecular weight is 350 g/mol. The molecule has 0 unspecified atom stereocenters. The van der Waals surface area contributed by atoms with Crippen molar-refractivity contribution < 1.29 is 9.72 Å². The molecule has 22 heavy (non-hydrogen) atoms. The molecule has 0 radical (unpaired) electrons. The summed E-state index contributed by atoms with van der Waals surface area (Å²) >= 11 is 8.73. The van der Waals surface area contributed by atoms with Gasteiger partial charge in [-0.15, -0.1) is 22.7 Å². The van der Waals surface area contributed by atoms with Gasteiger partial charge < -0.3 is 0 Å². The third-order valence-electron chi connectivity index (χ3n) is 3.00. The van der Waals surface area contributed by atoms with Gasteiger partial charge in [-0.25, -0.2) is 0 Å². The Labute approximate surface area is 138 Å². The molecule has 0 aliphatic rings. The summed E-state index contributed by atoms with van der Waals surface area (Å²) < 4.78 is 0. The Kier molecular flexibility index (Phi) is 4.06. The molecule has 0 aliphatic heterocycles. The van der Waals surface area contributed by atoms with Crippen molar-refractivity contribution in [1.82, 2.24) is 0 Å². The number of carbonyl (C=O) groups excluding carboxylic acids is 1. The van der Waals surface area contributed by atoms with Crippen LogP contribution in [0, 0.1) is 10.1 Å². The van der Waals surface area contributed by atoms with E-state index in [9.17, 15) is 14.9 Å². The highest BCUT2D eigenvalue weighted by Gasteiger charge is 2.18. The van der Waals surface area contributed by atoms with Crippen LogP contribution >= 0.6 is 34.3 Å². The summed E-state index contributed by atoms with van der Waals surface area (Å²) in [7, 11) is 0. The van der Waals surface area contributed by atoms with E-state index >= 15 is 0 Å². The van der Waals surface area contributed by atoms with E-state index in [1.54, 1.807) is 17.4 Å². The van der Waals surface area contributed by atoms with Crippen LogP contribution in [0.25, 0.3) is 9.75 Å². The van der Waals surface area contributed by atoms with E-state index in [1.807, 2.05) is 23.6 Å². The highest BCUT2D eigenvalue weighted by molar-refractivity contribution is 7.22. The van der Waals surface area contributed by atoms with Gasteiger partial charge in [-0.2, -0.15) is 0 Å². The first-order chi connectivity index (χ1) is 10.6. The topological polar surface area (TPSA) is 60.2 Å². The Morgan fingerprint density at radius 1 is 1.14 bits per heavy atom. The van der Waals surface area contributed by atoms with Gasteiger partial charge in [0.2, 0.25) is 5.78 Å². The molecule has 4 nitrogen and oxygen atoms in total. The number of thiophene rings is 2. The lowest BCUT2D eigenvalue weighted by molar-refractivity contribution is -0.384. The molecule has 0 N–H and O–H groups in total. The van der Waals surface area contributed by atoms with E-state index in [0.29, 0.717) is 4.88 Å². The number of rotatable bonds is 4. The van der Waals surface area contributed by atoms with Gasteiger partial charge >= 0.3 is 0 Å². The van der Waals surface area contributed by atoms with Crippen molar-refractivity contribution in [3.63, 3.8) is 0 Å². The second-order valence-corrected chi connectivity index (χ2v) is 6.83. The number of halogens is 1. The molecule has 0 spiro atoms. The number of nitrogens with zero attached hydrogens (tertiary/aromatic N) is 1. The van der Waals surface area contributed by atoms with Gasteiger partial charge in [0.15, 0.2) is 0 Å². The van der Waals surface area contributed by atoms with Gasteiger partial charge in [0, 0.05) is 21.4 Å². The number of ketones is 1. The van der Waals surface area contributed by atoms with Gasteiger partial charge in [-0.3, -0.25) is 14.9 Å². The molecule has 3 aromatic rings. The fraction of sp³-hybridized carbons (Fsp3) is 0. The van der Waals surface area contributed by atoms with E-state index in [4.69, 9.17) is 11.6 Å². The molecule has 0 atom stereocenters. The fourth-order valence-corrected chi connectivity index (χ4v) is 3.94. The van der Waals surface area contributed by atoms with Crippen LogP contribution in [-0.2, 0) is 0 Å². The molecule has 3 rings (SSSR count). The Balaban J connectivity index is 1.95. The summed E-state index contributed by atoms with van der Waals surface area (Å²) in [6.45, 7) is 0. The van der Waals surface area contributed by atoms with Crippen LogP contribution < -0.4 is 0 Å². The van der Waals surface area contributed by atoms with Crippen molar-refractivity contribution in [1.29, 1.82) is 0 Å². The molecule has 0 amide bonds. The maximum Gasteiger partial charge on any atom is 0.288 e. The van der Waals surface area contributed by atoms with Crippen molar-refractivity contribution >= 4 is 45.7 Å². The zero-order valence-corrected chi connectivity index (χ0v) is 13.4. The molecule has 7 heteroatoms. The van der Waals surface area contributed by atoms with E-state index in [1.165, 1.54) is 29.5 Å². The molecule has 1 aromatic carbocycles. The van der Waals surface area contributed by atoms with Gasteiger partial charge in [0.05, 0.1) is 9.80 Å². The van der Waals surface area contributed by atoms with Gasteiger partial charge in [0.1, 0.15) is 5.02 Å². The predicted octanol–water partition coefficient (Wildman–Crippen LogP) is 5.27. The van der Waals surface area contributed by atoms with Crippen LogP contribution in [0.2, 0.25) is 5.02 Å². The van der Waals surface area contributed by atoms with Crippen molar-refractivity contribution in [2.45, 2.75) is 0 Å². The van der Waals surface area contributed by atoms with Crippen molar-refractivity contribution in [3.8, 4) is 9.75 Å². The molecule has 2 aromatic heterocycles. The third-order valence-corrected chi connectivity index (χ3v) is 5.47. The van der Waals surface area contributed by atoms with Crippen molar-refractivity contribution in [2.75, 3.05) is 0 Å². The molecule has 0 saturated heterocycles. The first-order valence-electron chi connectivity index (χ1n) is 6.18. The van der Waals surface area contributed by atoms with Gasteiger partial charge in [-0.1, -0.05) is 17.7 Å². The number of nitro benzene ring substituents is 1. The first kappa shape index (κ1) is 14.9. The van der Waals surface area contributed by atoms with Crippen LogP contribution in [0.1, 0.15) is 15.2 Å². The van der Waals surface area contributed by atoms with Crippen LogP contribution in [-0.4, -0.2) is 10.7 Å². The predicted molar refractivity (Wildman–Crippen MR) is 89.2 cm³/mol. The highest BCUT2D eigenvalue weighted by Crippen LogP contribution is 2.33. The monoisotopic (exact) mass is 349 g/mol. The molecule has 110 valence electrons. The van der Waals surface area contributed by atoms with Crippen molar-refractivity contribution in [2.24, 2.45) is 0 Å². The maximum absolute atomic E-state index is 12.5. The molecule has 2 heterocycles. The maximum atomic E-state index is 12.5. The van der Waals surface area contributed by atoms with Crippen molar-refractivity contribution in [3.05, 3.63) is 73.4 Å². The Hall–Kier alpha value is -2.02. The van der Waals surface area contributed by atoms with E-state index in [2.05, 4.69) is 0 Å². The Bertz CT molecular complexity index is 856. The lowest BCUT2D eigenvalue weighted by atomic mass is 10.1. The van der Waals surface area contributed by atoms with E-state index < -0.39 is 4.92 Å². The summed E-state index contributed by atoms with van der Waals surface area (Å²) in [6, 6.07) is 11.6. The second-order valence-electron chi connectivity index (χ2n) is 4.39. The van der Waals surface area contributed by atoms with E-state index in [-0.39, 0.29) is 22.1 Å². The zero-order valence-electron chi connectivity index (χ0n) is 11.0. The normalized spacial score (nSPS) is 10.6. The summed E-state index contributed by atoms with van der Waals surface area (Å²) in [4.78, 5) is 25.4. The summed E-state index contributed by atoms with van der Waals surface area (Å²) in [5.41, 5.74) is -0.00164. The number of carbonyl (C=O) groups is 1. The third kappa shape index (κ3) is 2.81. The number of hydrogen-bond donors (Lipinski definition) is 0. The Morgan fingerprint density at radius 2 is 1.95 bits per heavy atom. The first-order valence-corrected chi connectivity index (χ1v) is 8.26. The number of nitro groups is 1. The quantitative estimate of drug-likeness (QED) is 0.366. The largest absolute Gasteiger partial charge is 0.288 e.